The van der Waals surface area contributed by atoms with Gasteiger partial charge in [-0.25, -0.2) is 0 Å². The van der Waals surface area contributed by atoms with Crippen LogP contribution in [0.5, 0.6) is 0 Å². The molecule has 1 saturated heterocycles. The first-order valence-electron chi connectivity index (χ1n) is 7.31. The van der Waals surface area contributed by atoms with Gasteiger partial charge in [0.2, 0.25) is 0 Å². The summed E-state index contributed by atoms with van der Waals surface area (Å²) < 4.78 is 5.97. The van der Waals surface area contributed by atoms with Crippen LogP contribution >= 0.6 is 0 Å². The molecule has 1 aliphatic carbocycles. The van der Waals surface area contributed by atoms with Crippen LogP contribution in [0.4, 0.5) is 0 Å². The van der Waals surface area contributed by atoms with Crippen LogP contribution in [-0.2, 0) is 4.74 Å². The molecule has 2 nitrogen and oxygen atoms in total. The maximum absolute atomic E-state index is 5.97. The summed E-state index contributed by atoms with van der Waals surface area (Å²) in [5.41, 5.74) is 0.670. The van der Waals surface area contributed by atoms with Crippen molar-refractivity contribution in [3.8, 4) is 0 Å². The molecule has 2 aliphatic rings. The summed E-state index contributed by atoms with van der Waals surface area (Å²) in [5.74, 6) is 0.729. The fraction of sp³-hybridized carbons (Fsp3) is 1.00. The monoisotopic (exact) mass is 239 g/mol. The molecule has 1 unspecified atom stereocenters. The number of hydrogen-bond donors (Lipinski definition) is 1. The second-order valence-corrected chi connectivity index (χ2v) is 7.10. The smallest absolute Gasteiger partial charge is 0.0697 e. The van der Waals surface area contributed by atoms with Crippen molar-refractivity contribution in [2.45, 2.75) is 71.4 Å². The van der Waals surface area contributed by atoms with Crippen LogP contribution in [0.25, 0.3) is 0 Å². The van der Waals surface area contributed by atoms with Crippen LogP contribution in [0.2, 0.25) is 0 Å². The molecule has 100 valence electrons. The molecule has 0 aromatic rings. The molecule has 2 heteroatoms. The van der Waals surface area contributed by atoms with Crippen LogP contribution in [0.1, 0.15) is 59.8 Å². The van der Waals surface area contributed by atoms with Crippen molar-refractivity contribution in [2.24, 2.45) is 11.3 Å². The van der Waals surface area contributed by atoms with E-state index in [0.29, 0.717) is 11.5 Å². The van der Waals surface area contributed by atoms with Gasteiger partial charge in [-0.3, -0.25) is 0 Å². The SMILES string of the molecule is CC(C)C(C)(C)CNC1CCOC2(CCC2)C1. The van der Waals surface area contributed by atoms with Crippen molar-refractivity contribution in [2.75, 3.05) is 13.2 Å². The van der Waals surface area contributed by atoms with Gasteiger partial charge in [0.05, 0.1) is 5.60 Å². The molecule has 0 aromatic heterocycles. The predicted molar refractivity (Wildman–Crippen MR) is 72.2 cm³/mol. The highest BCUT2D eigenvalue weighted by molar-refractivity contribution is 4.96. The van der Waals surface area contributed by atoms with Crippen molar-refractivity contribution in [1.29, 1.82) is 0 Å². The zero-order chi connectivity index (χ0) is 12.5. The van der Waals surface area contributed by atoms with Gasteiger partial charge in [-0.1, -0.05) is 27.7 Å². The Hall–Kier alpha value is -0.0800. The lowest BCUT2D eigenvalue weighted by Crippen LogP contribution is -2.52. The van der Waals surface area contributed by atoms with Crippen molar-refractivity contribution >= 4 is 0 Å². The van der Waals surface area contributed by atoms with E-state index >= 15 is 0 Å². The molecule has 1 heterocycles. The third-order valence-corrected chi connectivity index (χ3v) is 5.17. The van der Waals surface area contributed by atoms with E-state index in [1.54, 1.807) is 0 Å². The molecular weight excluding hydrogens is 210 g/mol. The van der Waals surface area contributed by atoms with E-state index in [4.69, 9.17) is 4.74 Å². The van der Waals surface area contributed by atoms with Gasteiger partial charge in [-0.15, -0.1) is 0 Å². The average molecular weight is 239 g/mol. The second-order valence-electron chi connectivity index (χ2n) is 7.10. The van der Waals surface area contributed by atoms with Crippen molar-refractivity contribution in [3.63, 3.8) is 0 Å². The normalized spacial score (nSPS) is 28.4. The minimum Gasteiger partial charge on any atom is -0.375 e. The van der Waals surface area contributed by atoms with E-state index in [9.17, 15) is 0 Å². The molecule has 2 rings (SSSR count). The highest BCUT2D eigenvalue weighted by atomic mass is 16.5. The summed E-state index contributed by atoms with van der Waals surface area (Å²) in [6, 6.07) is 0.682. The van der Waals surface area contributed by atoms with E-state index < -0.39 is 0 Å². The lowest BCUT2D eigenvalue weighted by atomic mass is 9.73. The minimum atomic E-state index is 0.276. The molecule has 2 fully saturated rings. The molecule has 1 saturated carbocycles. The van der Waals surface area contributed by atoms with E-state index in [-0.39, 0.29) is 5.60 Å². The largest absolute Gasteiger partial charge is 0.375 e. The van der Waals surface area contributed by atoms with Crippen LogP contribution in [0.3, 0.4) is 0 Å². The van der Waals surface area contributed by atoms with Crippen molar-refractivity contribution in [3.05, 3.63) is 0 Å². The Morgan fingerprint density at radius 1 is 1.35 bits per heavy atom. The van der Waals surface area contributed by atoms with Crippen molar-refractivity contribution < 1.29 is 4.74 Å². The molecule has 1 spiro atoms. The number of nitrogens with one attached hydrogen (secondary N) is 1. The predicted octanol–water partition coefficient (Wildman–Crippen LogP) is 3.36. The fourth-order valence-corrected chi connectivity index (χ4v) is 2.73. The highest BCUT2D eigenvalue weighted by Crippen LogP contribution is 2.42. The van der Waals surface area contributed by atoms with Crippen LogP contribution in [0.15, 0.2) is 0 Å². The Kier molecular flexibility index (Phi) is 3.84. The summed E-state index contributed by atoms with van der Waals surface area (Å²) >= 11 is 0. The summed E-state index contributed by atoms with van der Waals surface area (Å²) in [6.45, 7) is 11.5. The molecule has 1 aliphatic heterocycles. The summed E-state index contributed by atoms with van der Waals surface area (Å²) in [4.78, 5) is 0. The molecule has 0 amide bonds. The zero-order valence-electron chi connectivity index (χ0n) is 12.0. The lowest BCUT2D eigenvalue weighted by molar-refractivity contribution is -0.136. The summed E-state index contributed by atoms with van der Waals surface area (Å²) in [5, 5.41) is 3.79. The maximum atomic E-state index is 5.97. The van der Waals surface area contributed by atoms with Gasteiger partial charge in [-0.05, 0) is 43.4 Å². The minimum absolute atomic E-state index is 0.276. The zero-order valence-corrected chi connectivity index (χ0v) is 12.0. The number of rotatable bonds is 4. The topological polar surface area (TPSA) is 21.3 Å². The third-order valence-electron chi connectivity index (χ3n) is 5.17. The Balaban J connectivity index is 1.79. The fourth-order valence-electron chi connectivity index (χ4n) is 2.73. The van der Waals surface area contributed by atoms with Crippen LogP contribution < -0.4 is 5.32 Å². The first kappa shape index (κ1) is 13.4. The van der Waals surface area contributed by atoms with E-state index in [1.165, 1.54) is 32.1 Å². The van der Waals surface area contributed by atoms with Crippen LogP contribution in [0, 0.1) is 11.3 Å². The van der Waals surface area contributed by atoms with Gasteiger partial charge in [0.1, 0.15) is 0 Å². The van der Waals surface area contributed by atoms with Crippen molar-refractivity contribution in [1.82, 2.24) is 5.32 Å². The number of ether oxygens (including phenoxy) is 1. The Morgan fingerprint density at radius 3 is 2.59 bits per heavy atom. The standard InChI is InChI=1S/C15H29NO/c1-12(2)14(3,4)11-16-13-6-9-17-15(10-13)7-5-8-15/h12-13,16H,5-11H2,1-4H3. The molecule has 17 heavy (non-hydrogen) atoms. The molecular formula is C15H29NO. The lowest BCUT2D eigenvalue weighted by Gasteiger charge is -2.48. The number of hydrogen-bond acceptors (Lipinski definition) is 2. The summed E-state index contributed by atoms with van der Waals surface area (Å²) in [7, 11) is 0. The first-order chi connectivity index (χ1) is 7.94. The Bertz CT molecular complexity index is 256. The van der Waals surface area contributed by atoms with Gasteiger partial charge < -0.3 is 10.1 Å². The molecule has 0 bridgehead atoms. The van der Waals surface area contributed by atoms with Gasteiger partial charge >= 0.3 is 0 Å². The highest BCUT2D eigenvalue weighted by Gasteiger charge is 2.42. The third kappa shape index (κ3) is 3.03. The molecule has 1 N–H and O–H groups in total. The second kappa shape index (κ2) is 4.89. The molecule has 1 atom stereocenters. The average Bonchev–Trinajstić information content (AvgIpc) is 2.25. The Labute approximate surface area is 107 Å². The maximum Gasteiger partial charge on any atom is 0.0697 e. The quantitative estimate of drug-likeness (QED) is 0.812. The van der Waals surface area contributed by atoms with E-state index in [0.717, 1.165) is 19.1 Å². The van der Waals surface area contributed by atoms with Gasteiger partial charge in [0.25, 0.3) is 0 Å². The molecule has 0 radical (unpaired) electrons. The van der Waals surface area contributed by atoms with Gasteiger partial charge in [0.15, 0.2) is 0 Å². The van der Waals surface area contributed by atoms with E-state index in [2.05, 4.69) is 33.0 Å². The van der Waals surface area contributed by atoms with E-state index in [1.807, 2.05) is 0 Å². The Morgan fingerprint density at radius 2 is 2.06 bits per heavy atom. The van der Waals surface area contributed by atoms with Gasteiger partial charge in [-0.2, -0.15) is 0 Å². The summed E-state index contributed by atoms with van der Waals surface area (Å²) in [6.07, 6.45) is 6.37. The molecule has 0 aromatic carbocycles. The first-order valence-corrected chi connectivity index (χ1v) is 7.31. The van der Waals surface area contributed by atoms with Crippen LogP contribution in [-0.4, -0.2) is 24.8 Å². The van der Waals surface area contributed by atoms with Gasteiger partial charge in [0, 0.05) is 19.2 Å².